The molecule has 0 spiro atoms. The first-order chi connectivity index (χ1) is 16.0. The molecular formula is C26H24N4O2S. The van der Waals surface area contributed by atoms with Gasteiger partial charge in [0.25, 0.3) is 5.91 Å². The number of aryl methyl sites for hydroxylation is 2. The first kappa shape index (κ1) is 22.4. The third-order valence-corrected chi connectivity index (χ3v) is 7.18. The first-order valence-corrected chi connectivity index (χ1v) is 11.6. The van der Waals surface area contributed by atoms with E-state index in [9.17, 15) is 15.3 Å². The summed E-state index contributed by atoms with van der Waals surface area (Å²) in [7, 11) is 1.63. The topological polar surface area (TPSA) is 90.8 Å². The average Bonchev–Trinajstić information content (AvgIpc) is 3.32. The van der Waals surface area contributed by atoms with Gasteiger partial charge in [-0.05, 0) is 87.1 Å². The number of nitriles is 2. The predicted molar refractivity (Wildman–Crippen MR) is 130 cm³/mol. The number of rotatable bonds is 5. The highest BCUT2D eigenvalue weighted by Crippen LogP contribution is 2.37. The van der Waals surface area contributed by atoms with Crippen LogP contribution >= 0.6 is 11.3 Å². The summed E-state index contributed by atoms with van der Waals surface area (Å²) in [6, 6.07) is 13.9. The van der Waals surface area contributed by atoms with Gasteiger partial charge in [0.2, 0.25) is 0 Å². The number of nitrogens with zero attached hydrogens (tertiary/aromatic N) is 3. The Balaban J connectivity index is 1.63. The zero-order chi connectivity index (χ0) is 23.5. The van der Waals surface area contributed by atoms with E-state index in [0.29, 0.717) is 10.6 Å². The van der Waals surface area contributed by atoms with Crippen molar-refractivity contribution in [3.05, 3.63) is 68.9 Å². The summed E-state index contributed by atoms with van der Waals surface area (Å²) in [6.45, 7) is 3.94. The smallest absolute Gasteiger partial charge is 0.266 e. The molecule has 1 N–H and O–H groups in total. The minimum absolute atomic E-state index is 0.000225. The van der Waals surface area contributed by atoms with Gasteiger partial charge >= 0.3 is 0 Å². The highest BCUT2D eigenvalue weighted by molar-refractivity contribution is 7.16. The fourth-order valence-corrected chi connectivity index (χ4v) is 5.54. The molecule has 7 heteroatoms. The summed E-state index contributed by atoms with van der Waals surface area (Å²) in [6.07, 6.45) is 5.56. The lowest BCUT2D eigenvalue weighted by Crippen LogP contribution is -2.13. The minimum atomic E-state index is -0.498. The Morgan fingerprint density at radius 2 is 1.91 bits per heavy atom. The monoisotopic (exact) mass is 456 g/mol. The van der Waals surface area contributed by atoms with Crippen LogP contribution < -0.4 is 10.1 Å². The van der Waals surface area contributed by atoms with Gasteiger partial charge in [0.05, 0.1) is 12.7 Å². The molecule has 2 aromatic heterocycles. The summed E-state index contributed by atoms with van der Waals surface area (Å²) in [5.41, 5.74) is 5.26. The van der Waals surface area contributed by atoms with Gasteiger partial charge in [-0.1, -0.05) is 0 Å². The summed E-state index contributed by atoms with van der Waals surface area (Å²) < 4.78 is 7.31. The number of ether oxygens (including phenoxy) is 1. The molecule has 0 saturated heterocycles. The van der Waals surface area contributed by atoms with E-state index < -0.39 is 5.91 Å². The van der Waals surface area contributed by atoms with Gasteiger partial charge in [-0.25, -0.2) is 0 Å². The number of thiophene rings is 1. The highest BCUT2D eigenvalue weighted by atomic mass is 32.1. The predicted octanol–water partition coefficient (Wildman–Crippen LogP) is 5.46. The average molecular weight is 457 g/mol. The molecule has 3 aromatic rings. The highest BCUT2D eigenvalue weighted by Gasteiger charge is 2.23. The number of aromatic nitrogens is 1. The molecule has 1 aromatic carbocycles. The quantitative estimate of drug-likeness (QED) is 0.408. The van der Waals surface area contributed by atoms with Gasteiger partial charge < -0.3 is 14.6 Å². The third kappa shape index (κ3) is 4.28. The number of hydrogen-bond donors (Lipinski definition) is 1. The van der Waals surface area contributed by atoms with Crippen molar-refractivity contribution in [2.75, 3.05) is 12.4 Å². The van der Waals surface area contributed by atoms with Crippen molar-refractivity contribution in [1.82, 2.24) is 4.57 Å². The molecule has 6 nitrogen and oxygen atoms in total. The number of methoxy groups -OCH3 is 1. The number of carbonyl (C=O) groups excluding carboxylic acids is 1. The van der Waals surface area contributed by atoms with Gasteiger partial charge in [0, 0.05) is 22.0 Å². The molecular weight excluding hydrogens is 432 g/mol. The van der Waals surface area contributed by atoms with Gasteiger partial charge in [-0.2, -0.15) is 10.5 Å². The SMILES string of the molecule is COc1ccc(-n2c(C)cc(/C=C(\C#N)C(=O)Nc3sc4c(c3C#N)CCCC4)c2C)cc1. The molecule has 0 bridgehead atoms. The lowest BCUT2D eigenvalue weighted by Gasteiger charge is -2.10. The van der Waals surface area contributed by atoms with Crippen LogP contribution in [0.4, 0.5) is 5.00 Å². The second-order valence-electron chi connectivity index (χ2n) is 8.01. The molecule has 4 rings (SSSR count). The maximum Gasteiger partial charge on any atom is 0.266 e. The normalized spacial score (nSPS) is 13.1. The Morgan fingerprint density at radius 3 is 2.58 bits per heavy atom. The maximum absolute atomic E-state index is 12.9. The van der Waals surface area contributed by atoms with E-state index in [1.807, 2.05) is 50.2 Å². The van der Waals surface area contributed by atoms with E-state index >= 15 is 0 Å². The van der Waals surface area contributed by atoms with Crippen LogP contribution in [0.2, 0.25) is 0 Å². The fourth-order valence-electron chi connectivity index (χ4n) is 4.31. The van der Waals surface area contributed by atoms with Gasteiger partial charge in [-0.15, -0.1) is 11.3 Å². The third-order valence-electron chi connectivity index (χ3n) is 5.98. The lowest BCUT2D eigenvalue weighted by molar-refractivity contribution is -0.112. The molecule has 0 radical (unpaired) electrons. The Morgan fingerprint density at radius 1 is 1.18 bits per heavy atom. The molecule has 1 aliphatic carbocycles. The second kappa shape index (κ2) is 9.36. The number of hydrogen-bond acceptors (Lipinski definition) is 5. The number of anilines is 1. The zero-order valence-corrected chi connectivity index (χ0v) is 19.7. The van der Waals surface area contributed by atoms with Crippen molar-refractivity contribution >= 4 is 28.3 Å². The summed E-state index contributed by atoms with van der Waals surface area (Å²) in [5, 5.41) is 22.7. The number of benzene rings is 1. The summed E-state index contributed by atoms with van der Waals surface area (Å²) in [5.74, 6) is 0.276. The Kier molecular flexibility index (Phi) is 6.35. The maximum atomic E-state index is 12.9. The molecule has 0 atom stereocenters. The van der Waals surface area contributed by atoms with Crippen LogP contribution in [0.1, 0.15) is 45.8 Å². The number of amides is 1. The van der Waals surface area contributed by atoms with E-state index in [-0.39, 0.29) is 5.57 Å². The summed E-state index contributed by atoms with van der Waals surface area (Å²) in [4.78, 5) is 14.1. The van der Waals surface area contributed by atoms with E-state index in [1.54, 1.807) is 13.2 Å². The van der Waals surface area contributed by atoms with Gasteiger partial charge in [-0.3, -0.25) is 4.79 Å². The molecule has 1 aliphatic rings. The number of nitrogens with one attached hydrogen (secondary N) is 1. The second-order valence-corrected chi connectivity index (χ2v) is 9.12. The molecule has 0 aliphatic heterocycles. The van der Waals surface area contributed by atoms with Crippen LogP contribution in [-0.2, 0) is 17.6 Å². The van der Waals surface area contributed by atoms with Crippen LogP contribution in [0, 0.1) is 36.5 Å². The largest absolute Gasteiger partial charge is 0.497 e. The van der Waals surface area contributed by atoms with Crippen LogP contribution in [0.3, 0.4) is 0 Å². The zero-order valence-electron chi connectivity index (χ0n) is 18.9. The van der Waals surface area contributed by atoms with Gasteiger partial charge in [0.15, 0.2) is 0 Å². The Hall–Kier alpha value is -3.81. The number of fused-ring (bicyclic) bond motifs is 1. The molecule has 166 valence electrons. The number of carbonyl (C=O) groups is 1. The fraction of sp³-hybridized carbons (Fsp3) is 0.269. The molecule has 0 fully saturated rings. The Labute approximate surface area is 197 Å². The molecule has 33 heavy (non-hydrogen) atoms. The van der Waals surface area contributed by atoms with Crippen LogP contribution in [0.25, 0.3) is 11.8 Å². The van der Waals surface area contributed by atoms with Crippen LogP contribution in [0.5, 0.6) is 5.75 Å². The minimum Gasteiger partial charge on any atom is -0.497 e. The van der Waals surface area contributed by atoms with Crippen molar-refractivity contribution in [3.8, 4) is 23.6 Å². The Bertz CT molecular complexity index is 1330. The van der Waals surface area contributed by atoms with Crippen LogP contribution in [-0.4, -0.2) is 17.6 Å². The van der Waals surface area contributed by atoms with Crippen molar-refractivity contribution < 1.29 is 9.53 Å². The van der Waals surface area contributed by atoms with E-state index in [4.69, 9.17) is 4.74 Å². The van der Waals surface area contributed by atoms with Crippen molar-refractivity contribution in [3.63, 3.8) is 0 Å². The first-order valence-electron chi connectivity index (χ1n) is 10.8. The standard InChI is InChI=1S/C26H24N4O2S/c1-16-12-18(17(2)30(16)20-8-10-21(32-3)11-9-20)13-19(14-27)25(31)29-26-23(15-28)22-6-4-5-7-24(22)33-26/h8-13H,4-7H2,1-3H3,(H,29,31)/b19-13+. The van der Waals surface area contributed by atoms with E-state index in [1.165, 1.54) is 16.2 Å². The molecule has 0 unspecified atom stereocenters. The van der Waals surface area contributed by atoms with Crippen molar-refractivity contribution in [2.24, 2.45) is 0 Å². The molecule has 2 heterocycles. The van der Waals surface area contributed by atoms with Crippen LogP contribution in [0.15, 0.2) is 35.9 Å². The lowest BCUT2D eigenvalue weighted by atomic mass is 9.96. The van der Waals surface area contributed by atoms with Crippen molar-refractivity contribution in [2.45, 2.75) is 39.5 Å². The van der Waals surface area contributed by atoms with E-state index in [2.05, 4.69) is 16.0 Å². The van der Waals surface area contributed by atoms with Crippen molar-refractivity contribution in [1.29, 1.82) is 10.5 Å². The van der Waals surface area contributed by atoms with Gasteiger partial charge in [0.1, 0.15) is 28.5 Å². The molecule has 0 saturated carbocycles. The van der Waals surface area contributed by atoms with E-state index in [0.717, 1.165) is 59.6 Å². The molecule has 1 amide bonds. The summed E-state index contributed by atoms with van der Waals surface area (Å²) >= 11 is 1.45.